The molecular weight excluding hydrogens is 452 g/mol. The van der Waals surface area contributed by atoms with Crippen LogP contribution in [0.25, 0.3) is 6.08 Å². The zero-order chi connectivity index (χ0) is 24.8. The maximum atomic E-state index is 12.2. The molecule has 0 spiro atoms. The second-order valence-electron chi connectivity index (χ2n) is 7.63. The molecule has 1 aliphatic heterocycles. The molecule has 3 rings (SSSR count). The molecule has 2 aromatic carbocycles. The Labute approximate surface area is 194 Å². The van der Waals surface area contributed by atoms with Crippen molar-refractivity contribution in [1.82, 2.24) is 0 Å². The molecule has 11 heteroatoms. The van der Waals surface area contributed by atoms with Crippen LogP contribution in [-0.4, -0.2) is 85.6 Å². The number of ether oxygens (including phenoxy) is 3. The van der Waals surface area contributed by atoms with E-state index in [-0.39, 0.29) is 36.0 Å². The molecule has 11 nitrogen and oxygen atoms in total. The zero-order valence-corrected chi connectivity index (χ0v) is 17.9. The summed E-state index contributed by atoms with van der Waals surface area (Å²) in [6, 6.07) is 8.15. The van der Waals surface area contributed by atoms with Gasteiger partial charge in [-0.2, -0.15) is 0 Å². The van der Waals surface area contributed by atoms with Crippen molar-refractivity contribution in [2.45, 2.75) is 37.1 Å². The summed E-state index contributed by atoms with van der Waals surface area (Å²) in [4.78, 5) is 12.2. The van der Waals surface area contributed by atoms with E-state index in [1.165, 1.54) is 36.4 Å². The van der Waals surface area contributed by atoms with E-state index in [9.17, 15) is 40.5 Å². The minimum absolute atomic E-state index is 0.0173. The van der Waals surface area contributed by atoms with Gasteiger partial charge in [-0.15, -0.1) is 0 Å². The summed E-state index contributed by atoms with van der Waals surface area (Å²) in [6.07, 6.45) is -4.50. The Bertz CT molecular complexity index is 1020. The quantitative estimate of drug-likeness (QED) is 0.155. The number of hydrogen-bond donors (Lipinski definition) is 7. The van der Waals surface area contributed by atoms with E-state index in [1.807, 2.05) is 0 Å². The van der Waals surface area contributed by atoms with E-state index in [0.29, 0.717) is 11.1 Å². The van der Waals surface area contributed by atoms with E-state index in [0.717, 1.165) is 6.08 Å². The molecule has 34 heavy (non-hydrogen) atoms. The molecule has 1 fully saturated rings. The number of aliphatic hydroxyl groups excluding tert-OH is 3. The van der Waals surface area contributed by atoms with Gasteiger partial charge in [-0.3, -0.25) is 0 Å². The molecule has 1 aliphatic rings. The van der Waals surface area contributed by atoms with Crippen molar-refractivity contribution in [3.8, 4) is 23.0 Å². The molecule has 184 valence electrons. The van der Waals surface area contributed by atoms with Gasteiger partial charge in [-0.25, -0.2) is 4.79 Å². The number of esters is 1. The van der Waals surface area contributed by atoms with Gasteiger partial charge in [0.15, 0.2) is 35.4 Å². The largest absolute Gasteiger partial charge is 0.504 e. The van der Waals surface area contributed by atoms with Crippen LogP contribution in [-0.2, 0) is 25.4 Å². The van der Waals surface area contributed by atoms with E-state index in [2.05, 4.69) is 0 Å². The van der Waals surface area contributed by atoms with Crippen molar-refractivity contribution in [3.63, 3.8) is 0 Å². The lowest BCUT2D eigenvalue weighted by molar-refractivity contribution is -0.302. The van der Waals surface area contributed by atoms with Crippen LogP contribution < -0.4 is 0 Å². The Balaban J connectivity index is 1.56. The molecule has 0 saturated carbocycles. The first kappa shape index (κ1) is 25.3. The number of benzene rings is 2. The third kappa shape index (κ3) is 6.16. The SMILES string of the molecule is O=C(/C=C/c1ccc(O)c(O)c1)O[C@H]1C(CO)O[C@@H](OCCc2ccc(O)c(O)c2)C(O)[C@H]1O. The number of carbonyl (C=O) groups excluding carboxylic acids is 1. The highest BCUT2D eigenvalue weighted by Gasteiger charge is 2.46. The van der Waals surface area contributed by atoms with Crippen LogP contribution in [0, 0.1) is 0 Å². The van der Waals surface area contributed by atoms with Gasteiger partial charge in [-0.05, 0) is 47.9 Å². The van der Waals surface area contributed by atoms with Gasteiger partial charge in [0, 0.05) is 6.08 Å². The Morgan fingerprint density at radius 3 is 2.26 bits per heavy atom. The van der Waals surface area contributed by atoms with Crippen molar-refractivity contribution in [2.24, 2.45) is 0 Å². The minimum Gasteiger partial charge on any atom is -0.504 e. The summed E-state index contributed by atoms with van der Waals surface area (Å²) < 4.78 is 16.1. The summed E-state index contributed by atoms with van der Waals surface area (Å²) in [5.74, 6) is -2.15. The topological polar surface area (TPSA) is 186 Å². The smallest absolute Gasteiger partial charge is 0.331 e. The molecular formula is C23H26O11. The second-order valence-corrected chi connectivity index (χ2v) is 7.63. The molecule has 5 atom stereocenters. The number of carbonyl (C=O) groups is 1. The van der Waals surface area contributed by atoms with E-state index in [1.54, 1.807) is 6.07 Å². The van der Waals surface area contributed by atoms with Crippen molar-refractivity contribution in [2.75, 3.05) is 13.2 Å². The average molecular weight is 478 g/mol. The van der Waals surface area contributed by atoms with Gasteiger partial charge >= 0.3 is 5.97 Å². The maximum absolute atomic E-state index is 12.2. The van der Waals surface area contributed by atoms with Crippen LogP contribution in [0.1, 0.15) is 11.1 Å². The second kappa shape index (κ2) is 11.2. The van der Waals surface area contributed by atoms with Crippen molar-refractivity contribution in [3.05, 3.63) is 53.6 Å². The lowest BCUT2D eigenvalue weighted by Crippen LogP contribution is -2.60. The van der Waals surface area contributed by atoms with Gasteiger partial charge in [-0.1, -0.05) is 12.1 Å². The third-order valence-corrected chi connectivity index (χ3v) is 5.20. The highest BCUT2D eigenvalue weighted by molar-refractivity contribution is 5.87. The molecule has 1 heterocycles. The van der Waals surface area contributed by atoms with Crippen molar-refractivity contribution in [1.29, 1.82) is 0 Å². The summed E-state index contributed by atoms with van der Waals surface area (Å²) in [5.41, 5.74) is 1.03. The fraction of sp³-hybridized carbons (Fsp3) is 0.348. The summed E-state index contributed by atoms with van der Waals surface area (Å²) in [5, 5.41) is 68.1. The van der Waals surface area contributed by atoms with Crippen LogP contribution >= 0.6 is 0 Å². The van der Waals surface area contributed by atoms with Gasteiger partial charge in [0.1, 0.15) is 18.3 Å². The van der Waals surface area contributed by atoms with Crippen LogP contribution in [0.5, 0.6) is 23.0 Å². The first-order valence-corrected chi connectivity index (χ1v) is 10.3. The van der Waals surface area contributed by atoms with Crippen molar-refractivity contribution >= 4 is 12.0 Å². The predicted octanol–water partition coefficient (Wildman–Crippen LogP) is 0.132. The van der Waals surface area contributed by atoms with Crippen LogP contribution in [0.15, 0.2) is 42.5 Å². The number of phenols is 4. The van der Waals surface area contributed by atoms with Gasteiger partial charge in [0.05, 0.1) is 13.2 Å². The van der Waals surface area contributed by atoms with Gasteiger partial charge in [0.2, 0.25) is 0 Å². The van der Waals surface area contributed by atoms with Crippen LogP contribution in [0.2, 0.25) is 0 Å². The number of aromatic hydroxyl groups is 4. The Morgan fingerprint density at radius 1 is 0.941 bits per heavy atom. The Kier molecular flexibility index (Phi) is 8.31. The third-order valence-electron chi connectivity index (χ3n) is 5.20. The summed E-state index contributed by atoms with van der Waals surface area (Å²) >= 11 is 0. The molecule has 7 N–H and O–H groups in total. The van der Waals surface area contributed by atoms with E-state index in [4.69, 9.17) is 14.2 Å². The highest BCUT2D eigenvalue weighted by Crippen LogP contribution is 2.28. The first-order valence-electron chi connectivity index (χ1n) is 10.3. The van der Waals surface area contributed by atoms with Crippen LogP contribution in [0.4, 0.5) is 0 Å². The number of hydrogen-bond acceptors (Lipinski definition) is 11. The predicted molar refractivity (Wildman–Crippen MR) is 116 cm³/mol. The van der Waals surface area contributed by atoms with Gasteiger partial charge < -0.3 is 50.0 Å². The fourth-order valence-electron chi connectivity index (χ4n) is 3.34. The molecule has 0 radical (unpaired) electrons. The van der Waals surface area contributed by atoms with E-state index < -0.39 is 43.3 Å². The Hall–Kier alpha value is -3.35. The molecule has 0 aromatic heterocycles. The maximum Gasteiger partial charge on any atom is 0.331 e. The lowest BCUT2D eigenvalue weighted by atomic mass is 9.99. The highest BCUT2D eigenvalue weighted by atomic mass is 16.7. The van der Waals surface area contributed by atoms with E-state index >= 15 is 0 Å². The zero-order valence-electron chi connectivity index (χ0n) is 17.9. The first-order chi connectivity index (χ1) is 16.2. The molecule has 0 amide bonds. The van der Waals surface area contributed by atoms with Crippen LogP contribution in [0.3, 0.4) is 0 Å². The number of aliphatic hydroxyl groups is 3. The monoisotopic (exact) mass is 478 g/mol. The molecule has 2 unspecified atom stereocenters. The Morgan fingerprint density at radius 2 is 1.62 bits per heavy atom. The average Bonchev–Trinajstić information content (AvgIpc) is 2.81. The van der Waals surface area contributed by atoms with Gasteiger partial charge in [0.25, 0.3) is 0 Å². The summed E-state index contributed by atoms with van der Waals surface area (Å²) in [6.45, 7) is -0.619. The standard InChI is InChI=1S/C23H26O11/c24-11-18-22(34-19(29)6-3-12-1-4-14(25)16(27)9-12)20(30)21(31)23(33-18)32-8-7-13-2-5-15(26)17(28)10-13/h1-6,9-10,18,20-28,30-31H,7-8,11H2/b6-3+/t18?,20-,21?,22+,23-/m1/s1. The normalized spacial score (nSPS) is 24.9. The molecule has 0 aliphatic carbocycles. The molecule has 2 aromatic rings. The fourth-order valence-corrected chi connectivity index (χ4v) is 3.34. The summed E-state index contributed by atoms with van der Waals surface area (Å²) in [7, 11) is 0. The molecule has 0 bridgehead atoms. The van der Waals surface area contributed by atoms with Crippen molar-refractivity contribution < 1.29 is 54.8 Å². The lowest BCUT2D eigenvalue weighted by Gasteiger charge is -2.41. The number of phenolic OH excluding ortho intramolecular Hbond substituents is 4. The number of rotatable bonds is 8. The molecule has 1 saturated heterocycles. The minimum atomic E-state index is -1.62.